The van der Waals surface area contributed by atoms with Crippen LogP contribution in [0, 0.1) is 0 Å². The summed E-state index contributed by atoms with van der Waals surface area (Å²) in [5, 5.41) is 5.56. The number of anilines is 2. The number of thioether (sulfide) groups is 1. The zero-order valence-electron chi connectivity index (χ0n) is 19.2. The fourth-order valence-electron chi connectivity index (χ4n) is 3.46. The summed E-state index contributed by atoms with van der Waals surface area (Å²) in [5.74, 6) is 2.33. The SMILES string of the molecule is COCCNC(=O)Nc1ccc(-c2nc(CSc3ccccc3)cc(N3CCOCC3)n2)cc1. The Morgan fingerprint density at radius 2 is 1.85 bits per heavy atom. The van der Waals surface area contributed by atoms with Gasteiger partial charge >= 0.3 is 6.03 Å². The summed E-state index contributed by atoms with van der Waals surface area (Å²) in [4.78, 5) is 25.1. The molecule has 0 aliphatic carbocycles. The van der Waals surface area contributed by atoms with Gasteiger partial charge in [-0.15, -0.1) is 11.8 Å². The third-order valence-corrected chi connectivity index (χ3v) is 6.27. The molecule has 0 saturated carbocycles. The van der Waals surface area contributed by atoms with Gasteiger partial charge < -0.3 is 25.0 Å². The first-order valence-corrected chi connectivity index (χ1v) is 12.2. The topological polar surface area (TPSA) is 88.6 Å². The Bertz CT molecular complexity index is 1060. The van der Waals surface area contributed by atoms with E-state index in [0.717, 1.165) is 35.9 Å². The van der Waals surface area contributed by atoms with E-state index >= 15 is 0 Å². The minimum Gasteiger partial charge on any atom is -0.383 e. The van der Waals surface area contributed by atoms with Crippen molar-refractivity contribution in [3.05, 3.63) is 66.4 Å². The van der Waals surface area contributed by atoms with Crippen LogP contribution >= 0.6 is 11.8 Å². The van der Waals surface area contributed by atoms with Crippen molar-refractivity contribution in [1.82, 2.24) is 15.3 Å². The first kappa shape index (κ1) is 24.0. The number of hydrogen-bond acceptors (Lipinski definition) is 7. The maximum atomic E-state index is 12.0. The highest BCUT2D eigenvalue weighted by Crippen LogP contribution is 2.27. The first-order chi connectivity index (χ1) is 16.7. The zero-order chi connectivity index (χ0) is 23.6. The van der Waals surface area contributed by atoms with Crippen LogP contribution < -0.4 is 15.5 Å². The molecule has 4 rings (SSSR count). The molecule has 34 heavy (non-hydrogen) atoms. The van der Waals surface area contributed by atoms with Gasteiger partial charge in [-0.05, 0) is 36.4 Å². The smallest absolute Gasteiger partial charge is 0.319 e. The number of urea groups is 1. The van der Waals surface area contributed by atoms with Crippen molar-refractivity contribution in [3.8, 4) is 11.4 Å². The number of carbonyl (C=O) groups excluding carboxylic acids is 1. The Balaban J connectivity index is 1.51. The van der Waals surface area contributed by atoms with E-state index in [1.807, 2.05) is 42.5 Å². The van der Waals surface area contributed by atoms with Crippen LogP contribution in [0.1, 0.15) is 5.69 Å². The van der Waals surface area contributed by atoms with E-state index in [-0.39, 0.29) is 6.03 Å². The predicted molar refractivity (Wildman–Crippen MR) is 135 cm³/mol. The van der Waals surface area contributed by atoms with Crippen LogP contribution in [0.15, 0.2) is 65.6 Å². The molecule has 0 bridgehead atoms. The predicted octanol–water partition coefficient (Wildman–Crippen LogP) is 4.04. The number of aromatic nitrogens is 2. The van der Waals surface area contributed by atoms with E-state index < -0.39 is 0 Å². The van der Waals surface area contributed by atoms with Crippen LogP contribution in [0.25, 0.3) is 11.4 Å². The van der Waals surface area contributed by atoms with E-state index in [1.165, 1.54) is 4.90 Å². The second kappa shape index (κ2) is 12.4. The van der Waals surface area contributed by atoms with Gasteiger partial charge in [0.2, 0.25) is 0 Å². The lowest BCUT2D eigenvalue weighted by Gasteiger charge is -2.28. The van der Waals surface area contributed by atoms with Gasteiger partial charge in [0.05, 0.1) is 25.5 Å². The number of nitrogens with one attached hydrogen (secondary N) is 2. The molecule has 1 aromatic heterocycles. The van der Waals surface area contributed by atoms with Crippen LogP contribution in [0.3, 0.4) is 0 Å². The molecule has 0 atom stereocenters. The fourth-order valence-corrected chi connectivity index (χ4v) is 4.27. The van der Waals surface area contributed by atoms with Crippen LogP contribution in [0.4, 0.5) is 16.3 Å². The van der Waals surface area contributed by atoms with Crippen molar-refractivity contribution < 1.29 is 14.3 Å². The fraction of sp³-hybridized carbons (Fsp3) is 0.320. The van der Waals surface area contributed by atoms with Crippen molar-refractivity contribution in [2.45, 2.75) is 10.6 Å². The Kier molecular flexibility index (Phi) is 8.72. The molecule has 2 amide bonds. The summed E-state index contributed by atoms with van der Waals surface area (Å²) >= 11 is 1.75. The molecule has 2 aromatic carbocycles. The highest BCUT2D eigenvalue weighted by atomic mass is 32.2. The standard InChI is InChI=1S/C25H29N5O3S/c1-32-14-11-26-25(31)28-20-9-7-19(8-10-20)24-27-21(18-34-22-5-3-2-4-6-22)17-23(29-24)30-12-15-33-16-13-30/h2-10,17H,11-16,18H2,1H3,(H2,26,28,31). The number of rotatable bonds is 9. The van der Waals surface area contributed by atoms with Gasteiger partial charge in [-0.3, -0.25) is 0 Å². The van der Waals surface area contributed by atoms with Gasteiger partial charge in [0.25, 0.3) is 0 Å². The molecular formula is C25H29N5O3S. The number of benzene rings is 2. The molecule has 0 spiro atoms. The lowest BCUT2D eigenvalue weighted by molar-refractivity contribution is 0.122. The van der Waals surface area contributed by atoms with E-state index in [4.69, 9.17) is 19.4 Å². The quantitative estimate of drug-likeness (QED) is 0.354. The number of ether oxygens (including phenoxy) is 2. The van der Waals surface area contributed by atoms with Gasteiger partial charge in [0.15, 0.2) is 5.82 Å². The molecule has 178 valence electrons. The van der Waals surface area contributed by atoms with Gasteiger partial charge in [-0.1, -0.05) is 18.2 Å². The van der Waals surface area contributed by atoms with Gasteiger partial charge in [0, 0.05) is 54.7 Å². The minimum absolute atomic E-state index is 0.268. The molecule has 1 aliphatic rings. The lowest BCUT2D eigenvalue weighted by Crippen LogP contribution is -2.37. The van der Waals surface area contributed by atoms with Crippen LogP contribution in [0.2, 0.25) is 0 Å². The van der Waals surface area contributed by atoms with Gasteiger partial charge in [0.1, 0.15) is 5.82 Å². The Labute approximate surface area is 204 Å². The average molecular weight is 480 g/mol. The van der Waals surface area contributed by atoms with Gasteiger partial charge in [-0.25, -0.2) is 14.8 Å². The number of carbonyl (C=O) groups is 1. The summed E-state index contributed by atoms with van der Waals surface area (Å²) < 4.78 is 10.5. The third kappa shape index (κ3) is 6.93. The Hall–Kier alpha value is -3.14. The van der Waals surface area contributed by atoms with E-state index in [2.05, 4.69) is 33.7 Å². The summed E-state index contributed by atoms with van der Waals surface area (Å²) in [6, 6.07) is 19.7. The summed E-state index contributed by atoms with van der Waals surface area (Å²) in [5.41, 5.74) is 2.56. The van der Waals surface area contributed by atoms with Gasteiger partial charge in [-0.2, -0.15) is 0 Å². The van der Waals surface area contributed by atoms with E-state index in [0.29, 0.717) is 37.9 Å². The third-order valence-electron chi connectivity index (χ3n) is 5.22. The molecule has 2 N–H and O–H groups in total. The largest absolute Gasteiger partial charge is 0.383 e. The zero-order valence-corrected chi connectivity index (χ0v) is 20.0. The first-order valence-electron chi connectivity index (χ1n) is 11.2. The van der Waals surface area contributed by atoms with Crippen molar-refractivity contribution in [1.29, 1.82) is 0 Å². The second-order valence-corrected chi connectivity index (χ2v) is 8.74. The summed E-state index contributed by atoms with van der Waals surface area (Å²) in [6.07, 6.45) is 0. The number of amides is 2. The molecule has 2 heterocycles. The monoisotopic (exact) mass is 479 g/mol. The Morgan fingerprint density at radius 1 is 1.09 bits per heavy atom. The molecule has 0 radical (unpaired) electrons. The van der Waals surface area contributed by atoms with E-state index in [9.17, 15) is 4.79 Å². The molecule has 9 heteroatoms. The highest BCUT2D eigenvalue weighted by Gasteiger charge is 2.16. The summed E-state index contributed by atoms with van der Waals surface area (Å²) in [6.45, 7) is 3.92. The van der Waals surface area contributed by atoms with Crippen molar-refractivity contribution in [3.63, 3.8) is 0 Å². The molecule has 1 saturated heterocycles. The molecule has 1 fully saturated rings. The molecule has 0 unspecified atom stereocenters. The second-order valence-electron chi connectivity index (χ2n) is 7.69. The maximum Gasteiger partial charge on any atom is 0.319 e. The molecule has 8 nitrogen and oxygen atoms in total. The van der Waals surface area contributed by atoms with Crippen molar-refractivity contribution in [2.75, 3.05) is 56.8 Å². The van der Waals surface area contributed by atoms with Crippen molar-refractivity contribution in [2.24, 2.45) is 0 Å². The highest BCUT2D eigenvalue weighted by molar-refractivity contribution is 7.98. The van der Waals surface area contributed by atoms with Crippen LogP contribution in [0.5, 0.6) is 0 Å². The normalized spacial score (nSPS) is 13.5. The number of nitrogens with zero attached hydrogens (tertiary/aromatic N) is 3. The average Bonchev–Trinajstić information content (AvgIpc) is 2.89. The van der Waals surface area contributed by atoms with Crippen molar-refractivity contribution >= 4 is 29.3 Å². The number of morpholine rings is 1. The summed E-state index contributed by atoms with van der Waals surface area (Å²) in [7, 11) is 1.60. The number of hydrogen-bond donors (Lipinski definition) is 2. The lowest BCUT2D eigenvalue weighted by atomic mass is 10.2. The molecular weight excluding hydrogens is 450 g/mol. The molecule has 1 aliphatic heterocycles. The maximum absolute atomic E-state index is 12.0. The van der Waals surface area contributed by atoms with Crippen LogP contribution in [-0.4, -0.2) is 62.6 Å². The minimum atomic E-state index is -0.268. The van der Waals surface area contributed by atoms with Crippen LogP contribution in [-0.2, 0) is 15.2 Å². The Morgan fingerprint density at radius 3 is 2.59 bits per heavy atom. The molecule has 3 aromatic rings. The van der Waals surface area contributed by atoms with E-state index in [1.54, 1.807) is 18.9 Å². The number of methoxy groups -OCH3 is 1.